The van der Waals surface area contributed by atoms with Crippen LogP contribution in [0.5, 0.6) is 5.75 Å². The van der Waals surface area contributed by atoms with E-state index in [9.17, 15) is 13.6 Å². The summed E-state index contributed by atoms with van der Waals surface area (Å²) in [5, 5.41) is 0.627. The number of para-hydroxylation sites is 1. The number of amidine groups is 1. The summed E-state index contributed by atoms with van der Waals surface area (Å²) in [7, 11) is 0. The number of carbonyl (C=O) groups excluding carboxylic acids is 1. The van der Waals surface area contributed by atoms with Crippen molar-refractivity contribution in [3.05, 3.63) is 65.1 Å². The van der Waals surface area contributed by atoms with E-state index in [1.807, 2.05) is 30.3 Å². The monoisotopic (exact) mass is 509 g/mol. The predicted octanol–water partition coefficient (Wildman–Crippen LogP) is 6.43. The summed E-state index contributed by atoms with van der Waals surface area (Å²) in [6.07, 6.45) is 1.75. The van der Waals surface area contributed by atoms with Crippen LogP contribution < -0.4 is 4.74 Å². The molecule has 0 aliphatic carbocycles. The normalized spacial score (nSPS) is 16.4. The minimum atomic E-state index is -2.87. The molecule has 9 heteroatoms. The van der Waals surface area contributed by atoms with Crippen molar-refractivity contribution >= 4 is 47.0 Å². The Hall–Kier alpha value is -2.42. The molecule has 0 atom stereocenters. The largest absolute Gasteiger partial charge is 0.435 e. The van der Waals surface area contributed by atoms with E-state index >= 15 is 0 Å². The first-order valence-corrected chi connectivity index (χ1v) is 11.7. The third kappa shape index (κ3) is 7.55. The summed E-state index contributed by atoms with van der Waals surface area (Å²) in [5.41, 5.74) is 1.50. The molecule has 0 radical (unpaired) electrons. The number of amides is 1. The molecule has 1 fully saturated rings. The minimum Gasteiger partial charge on any atom is -0.435 e. The molecule has 5 nitrogen and oxygen atoms in total. The number of rotatable bonds is 9. The molecule has 0 aromatic heterocycles. The van der Waals surface area contributed by atoms with E-state index in [0.29, 0.717) is 28.7 Å². The molecule has 1 aliphatic heterocycles. The van der Waals surface area contributed by atoms with Gasteiger partial charge in [-0.1, -0.05) is 30.3 Å². The van der Waals surface area contributed by atoms with E-state index in [-0.39, 0.29) is 24.1 Å². The van der Waals surface area contributed by atoms with E-state index in [0.717, 1.165) is 17.8 Å². The summed E-state index contributed by atoms with van der Waals surface area (Å²) in [6.45, 7) is 6.95. The zero-order valence-electron chi connectivity index (χ0n) is 19.7. The Morgan fingerprint density at radius 2 is 1.65 bits per heavy atom. The van der Waals surface area contributed by atoms with Crippen molar-refractivity contribution in [3.63, 3.8) is 0 Å². The second-order valence-electron chi connectivity index (χ2n) is 8.17. The van der Waals surface area contributed by atoms with Crippen molar-refractivity contribution in [2.75, 3.05) is 13.1 Å². The molecular weight excluding hydrogens is 480 g/mol. The molecule has 184 valence electrons. The summed E-state index contributed by atoms with van der Waals surface area (Å²) >= 11 is 1.32. The molecule has 1 heterocycles. The maximum Gasteiger partial charge on any atom is 0.387 e. The predicted molar refractivity (Wildman–Crippen MR) is 138 cm³/mol. The number of halogens is 3. The average molecular weight is 510 g/mol. The van der Waals surface area contributed by atoms with Gasteiger partial charge in [-0.25, -0.2) is 4.99 Å². The molecule has 0 spiro atoms. The van der Waals surface area contributed by atoms with Gasteiger partial charge in [-0.15, -0.1) is 12.4 Å². The Kier molecular flexibility index (Phi) is 10.5. The molecule has 1 amide bonds. The number of aliphatic imine (C=N–C) groups is 1. The smallest absolute Gasteiger partial charge is 0.387 e. The molecule has 34 heavy (non-hydrogen) atoms. The zero-order valence-corrected chi connectivity index (χ0v) is 21.3. The third-order valence-corrected chi connectivity index (χ3v) is 6.19. The van der Waals surface area contributed by atoms with Gasteiger partial charge in [-0.3, -0.25) is 14.6 Å². The number of benzene rings is 2. The highest BCUT2D eigenvalue weighted by Crippen LogP contribution is 2.34. The molecule has 0 N–H and O–H groups in total. The number of hydrogen-bond donors (Lipinski definition) is 0. The van der Waals surface area contributed by atoms with Crippen molar-refractivity contribution < 1.29 is 18.3 Å². The SMILES string of the molecule is CC(C)N(CCN1C(=O)/C(=C/c2ccc(OC(F)F)cc2)SC1=Nc1ccccc1)C(C)C.Cl. The van der Waals surface area contributed by atoms with Gasteiger partial charge in [0.25, 0.3) is 5.91 Å². The molecule has 0 bridgehead atoms. The summed E-state index contributed by atoms with van der Waals surface area (Å²) < 4.78 is 29.2. The molecule has 2 aromatic carbocycles. The fraction of sp³-hybridized carbons (Fsp3) is 0.360. The van der Waals surface area contributed by atoms with Crippen molar-refractivity contribution in [1.29, 1.82) is 0 Å². The van der Waals surface area contributed by atoms with Crippen LogP contribution in [0.15, 0.2) is 64.5 Å². The summed E-state index contributed by atoms with van der Waals surface area (Å²) in [6, 6.07) is 16.5. The third-order valence-electron chi connectivity index (χ3n) is 5.18. The molecule has 0 saturated carbocycles. The Labute approximate surface area is 210 Å². The zero-order chi connectivity index (χ0) is 24.0. The molecule has 1 saturated heterocycles. The van der Waals surface area contributed by atoms with Gasteiger partial charge in [0, 0.05) is 25.2 Å². The van der Waals surface area contributed by atoms with E-state index in [2.05, 4.69) is 37.3 Å². The molecular formula is C25H30ClF2N3O2S. The number of nitrogens with zero attached hydrogens (tertiary/aromatic N) is 3. The van der Waals surface area contributed by atoms with Crippen molar-refractivity contribution in [1.82, 2.24) is 9.80 Å². The average Bonchev–Trinajstić information content (AvgIpc) is 3.04. The number of alkyl halides is 2. The topological polar surface area (TPSA) is 45.1 Å². The van der Waals surface area contributed by atoms with Gasteiger partial charge in [0.1, 0.15) is 5.75 Å². The molecule has 2 aromatic rings. The van der Waals surface area contributed by atoms with Crippen molar-refractivity contribution in [3.8, 4) is 5.75 Å². The first kappa shape index (κ1) is 27.8. The van der Waals surface area contributed by atoms with Gasteiger partial charge in [0.15, 0.2) is 5.17 Å². The first-order valence-electron chi connectivity index (χ1n) is 10.9. The number of hydrogen-bond acceptors (Lipinski definition) is 5. The maximum atomic E-state index is 13.3. The van der Waals surface area contributed by atoms with Crippen LogP contribution in [-0.4, -0.2) is 52.7 Å². The second kappa shape index (κ2) is 12.9. The Bertz CT molecular complexity index is 991. The van der Waals surface area contributed by atoms with Gasteiger partial charge in [0.2, 0.25) is 0 Å². The fourth-order valence-corrected chi connectivity index (χ4v) is 4.65. The highest BCUT2D eigenvalue weighted by atomic mass is 35.5. The van der Waals surface area contributed by atoms with Crippen molar-refractivity contribution in [2.45, 2.75) is 46.4 Å². The van der Waals surface area contributed by atoms with E-state index in [1.54, 1.807) is 23.1 Å². The lowest BCUT2D eigenvalue weighted by Gasteiger charge is -2.31. The molecule has 3 rings (SSSR count). The number of thioether (sulfide) groups is 1. The molecule has 1 aliphatic rings. The van der Waals surface area contributed by atoms with Crippen LogP contribution in [0.2, 0.25) is 0 Å². The summed E-state index contributed by atoms with van der Waals surface area (Å²) in [4.78, 5) is 22.6. The van der Waals surface area contributed by atoms with Gasteiger partial charge in [-0.2, -0.15) is 8.78 Å². The fourth-order valence-electron chi connectivity index (χ4n) is 3.63. The standard InChI is InChI=1S/C25H29F2N3O2S.ClH/c1-17(2)29(18(3)4)14-15-30-23(31)22(33-25(30)28-20-8-6-5-7-9-20)16-19-10-12-21(13-11-19)32-24(26)27;/h5-13,16-18,24H,14-15H2,1-4H3;1H/b22-16-,28-25?;. The van der Waals surface area contributed by atoms with Crippen LogP contribution in [0.3, 0.4) is 0 Å². The quantitative estimate of drug-likeness (QED) is 0.365. The number of ether oxygens (including phenoxy) is 1. The Balaban J connectivity index is 0.00000408. The van der Waals surface area contributed by atoms with E-state index in [4.69, 9.17) is 4.99 Å². The van der Waals surface area contributed by atoms with Crippen LogP contribution >= 0.6 is 24.2 Å². The van der Waals surface area contributed by atoms with Gasteiger partial charge >= 0.3 is 6.61 Å². The molecule has 0 unspecified atom stereocenters. The Morgan fingerprint density at radius 1 is 1.03 bits per heavy atom. The van der Waals surface area contributed by atoms with Crippen LogP contribution in [0.1, 0.15) is 33.3 Å². The van der Waals surface area contributed by atoms with Gasteiger partial charge < -0.3 is 4.74 Å². The van der Waals surface area contributed by atoms with Gasteiger partial charge in [0.05, 0.1) is 10.6 Å². The van der Waals surface area contributed by atoms with Crippen LogP contribution in [0.25, 0.3) is 6.08 Å². The highest BCUT2D eigenvalue weighted by Gasteiger charge is 2.34. The second-order valence-corrected chi connectivity index (χ2v) is 9.18. The number of carbonyl (C=O) groups is 1. The van der Waals surface area contributed by atoms with Crippen LogP contribution in [0.4, 0.5) is 14.5 Å². The lowest BCUT2D eigenvalue weighted by Crippen LogP contribution is -2.43. The minimum absolute atomic E-state index is 0. The van der Waals surface area contributed by atoms with Crippen molar-refractivity contribution in [2.24, 2.45) is 4.99 Å². The first-order chi connectivity index (χ1) is 15.7. The lowest BCUT2D eigenvalue weighted by molar-refractivity contribution is -0.122. The lowest BCUT2D eigenvalue weighted by atomic mass is 10.2. The van der Waals surface area contributed by atoms with E-state index < -0.39 is 6.61 Å². The van der Waals surface area contributed by atoms with E-state index in [1.165, 1.54) is 23.9 Å². The highest BCUT2D eigenvalue weighted by molar-refractivity contribution is 8.18. The summed E-state index contributed by atoms with van der Waals surface area (Å²) in [5.74, 6) is -0.0389. The van der Waals surface area contributed by atoms with Gasteiger partial charge in [-0.05, 0) is 75.4 Å². The van der Waals surface area contributed by atoms with Crippen LogP contribution in [-0.2, 0) is 4.79 Å². The van der Waals surface area contributed by atoms with Crippen LogP contribution in [0, 0.1) is 0 Å². The maximum absolute atomic E-state index is 13.3. The Morgan fingerprint density at radius 3 is 2.21 bits per heavy atom.